The molecule has 0 aliphatic rings. The van der Waals surface area contributed by atoms with Gasteiger partial charge in [-0.15, -0.1) is 11.8 Å². The van der Waals surface area contributed by atoms with Crippen LogP contribution in [0.5, 0.6) is 0 Å². The summed E-state index contributed by atoms with van der Waals surface area (Å²) >= 11 is 1.73. The number of fused-ring (bicyclic) bond motifs is 1. The van der Waals surface area contributed by atoms with Crippen LogP contribution in [0.2, 0.25) is 0 Å². The molecule has 4 nitrogen and oxygen atoms in total. The van der Waals surface area contributed by atoms with Gasteiger partial charge in [0.05, 0.1) is 5.39 Å². The van der Waals surface area contributed by atoms with Crippen molar-refractivity contribution in [2.75, 3.05) is 18.2 Å². The fourth-order valence-electron chi connectivity index (χ4n) is 2.31. The zero-order valence-electron chi connectivity index (χ0n) is 12.5. The van der Waals surface area contributed by atoms with Crippen molar-refractivity contribution >= 4 is 34.4 Å². The van der Waals surface area contributed by atoms with E-state index < -0.39 is 0 Å². The Morgan fingerprint density at radius 2 is 1.81 bits per heavy atom. The van der Waals surface area contributed by atoms with Gasteiger partial charge in [-0.05, 0) is 50.4 Å². The van der Waals surface area contributed by atoms with Gasteiger partial charge in [0.15, 0.2) is 0 Å². The average molecular weight is 299 g/mol. The van der Waals surface area contributed by atoms with E-state index in [4.69, 9.17) is 4.42 Å². The van der Waals surface area contributed by atoms with E-state index in [0.717, 1.165) is 22.7 Å². The first kappa shape index (κ1) is 13.9. The average Bonchev–Trinajstić information content (AvgIpc) is 2.85. The number of rotatable bonds is 3. The largest absolute Gasteiger partial charge is 0.443 e. The minimum atomic E-state index is 0.641. The summed E-state index contributed by atoms with van der Waals surface area (Å²) in [6.07, 6.45) is 2.07. The second kappa shape index (κ2) is 5.41. The summed E-state index contributed by atoms with van der Waals surface area (Å²) in [7, 11) is 2.01. The number of aryl methyl sites for hydroxylation is 2. The van der Waals surface area contributed by atoms with Crippen molar-refractivity contribution in [3.63, 3.8) is 0 Å². The topological polar surface area (TPSA) is 42.2 Å². The lowest BCUT2D eigenvalue weighted by Crippen LogP contribution is -2.12. The molecule has 0 N–H and O–H groups in total. The zero-order valence-corrected chi connectivity index (χ0v) is 13.4. The van der Waals surface area contributed by atoms with Gasteiger partial charge in [0, 0.05) is 17.6 Å². The Morgan fingerprint density at radius 1 is 1.10 bits per heavy atom. The fourth-order valence-corrected chi connectivity index (χ4v) is 2.72. The Hall–Kier alpha value is -2.01. The van der Waals surface area contributed by atoms with Crippen LogP contribution in [0.1, 0.15) is 11.6 Å². The molecule has 0 atom stereocenters. The SMILES string of the molecule is CSc1ccc(N(C)c2nc(C)nc3oc(C)cc23)cc1. The molecule has 0 saturated heterocycles. The van der Waals surface area contributed by atoms with E-state index in [1.165, 1.54) is 4.90 Å². The van der Waals surface area contributed by atoms with Crippen molar-refractivity contribution < 1.29 is 4.42 Å². The van der Waals surface area contributed by atoms with Crippen molar-refractivity contribution in [1.29, 1.82) is 0 Å². The third-order valence-corrected chi connectivity index (χ3v) is 4.13. The zero-order chi connectivity index (χ0) is 15.0. The van der Waals surface area contributed by atoms with Gasteiger partial charge in [-0.25, -0.2) is 4.98 Å². The molecule has 0 aliphatic heterocycles. The lowest BCUT2D eigenvalue weighted by atomic mass is 10.2. The Labute approximate surface area is 128 Å². The van der Waals surface area contributed by atoms with Crippen molar-refractivity contribution in [3.8, 4) is 0 Å². The van der Waals surface area contributed by atoms with Gasteiger partial charge in [0.25, 0.3) is 0 Å². The number of hydrogen-bond acceptors (Lipinski definition) is 5. The van der Waals surface area contributed by atoms with Crippen molar-refractivity contribution in [2.24, 2.45) is 0 Å². The molecule has 3 aromatic rings. The molecule has 0 bridgehead atoms. The van der Waals surface area contributed by atoms with Gasteiger partial charge in [0.2, 0.25) is 5.71 Å². The van der Waals surface area contributed by atoms with Gasteiger partial charge in [-0.1, -0.05) is 0 Å². The predicted octanol–water partition coefficient (Wildman–Crippen LogP) is 4.33. The number of hydrogen-bond donors (Lipinski definition) is 0. The van der Waals surface area contributed by atoms with Gasteiger partial charge in [-0.3, -0.25) is 0 Å². The van der Waals surface area contributed by atoms with Gasteiger partial charge < -0.3 is 9.32 Å². The molecule has 2 aromatic heterocycles. The summed E-state index contributed by atoms with van der Waals surface area (Å²) in [5.41, 5.74) is 1.73. The molecule has 0 amide bonds. The third-order valence-electron chi connectivity index (χ3n) is 3.39. The normalized spacial score (nSPS) is 11.0. The molecule has 0 spiro atoms. The van der Waals surface area contributed by atoms with Gasteiger partial charge in [0.1, 0.15) is 17.4 Å². The lowest BCUT2D eigenvalue weighted by molar-refractivity contribution is 0.566. The number of thioether (sulfide) groups is 1. The molecular formula is C16H17N3OS. The molecule has 3 rings (SSSR count). The highest BCUT2D eigenvalue weighted by Gasteiger charge is 2.15. The van der Waals surface area contributed by atoms with Crippen LogP contribution in [0.25, 0.3) is 11.1 Å². The van der Waals surface area contributed by atoms with Crippen molar-refractivity contribution in [3.05, 3.63) is 41.9 Å². The highest BCUT2D eigenvalue weighted by Crippen LogP contribution is 2.31. The van der Waals surface area contributed by atoms with Crippen LogP contribution in [-0.2, 0) is 0 Å². The first-order valence-electron chi connectivity index (χ1n) is 6.71. The summed E-state index contributed by atoms with van der Waals surface area (Å²) < 4.78 is 5.63. The second-order valence-corrected chi connectivity index (χ2v) is 5.81. The van der Waals surface area contributed by atoms with Crippen LogP contribution in [0.3, 0.4) is 0 Å². The van der Waals surface area contributed by atoms with E-state index in [-0.39, 0.29) is 0 Å². The summed E-state index contributed by atoms with van der Waals surface area (Å²) in [6.45, 7) is 3.81. The summed E-state index contributed by atoms with van der Waals surface area (Å²) in [4.78, 5) is 12.2. The lowest BCUT2D eigenvalue weighted by Gasteiger charge is -2.19. The van der Waals surface area contributed by atoms with Crippen LogP contribution < -0.4 is 4.90 Å². The standard InChI is InChI=1S/C16H17N3OS/c1-10-9-14-15(17-11(2)18-16(14)20-10)19(3)12-5-7-13(21-4)8-6-12/h5-9H,1-4H3. The molecule has 21 heavy (non-hydrogen) atoms. The number of nitrogens with zero attached hydrogens (tertiary/aromatic N) is 3. The van der Waals surface area contributed by atoms with Crippen LogP contribution in [0.4, 0.5) is 11.5 Å². The summed E-state index contributed by atoms with van der Waals surface area (Å²) in [6, 6.07) is 10.4. The van der Waals surface area contributed by atoms with E-state index in [1.54, 1.807) is 11.8 Å². The quantitative estimate of drug-likeness (QED) is 0.673. The minimum absolute atomic E-state index is 0.641. The highest BCUT2D eigenvalue weighted by atomic mass is 32.2. The Balaban J connectivity index is 2.09. The maximum atomic E-state index is 5.63. The maximum absolute atomic E-state index is 5.63. The summed E-state index contributed by atoms with van der Waals surface area (Å²) in [5.74, 6) is 2.42. The Bertz CT molecular complexity index is 780. The number of furan rings is 1. The van der Waals surface area contributed by atoms with Crippen LogP contribution in [-0.4, -0.2) is 23.3 Å². The Kier molecular flexibility index (Phi) is 3.59. The first-order chi connectivity index (χ1) is 10.1. The molecule has 0 unspecified atom stereocenters. The van der Waals surface area contributed by atoms with Crippen LogP contribution >= 0.6 is 11.8 Å². The predicted molar refractivity (Wildman–Crippen MR) is 87.6 cm³/mol. The van der Waals surface area contributed by atoms with E-state index in [0.29, 0.717) is 11.5 Å². The van der Waals surface area contributed by atoms with Gasteiger partial charge in [-0.2, -0.15) is 4.98 Å². The van der Waals surface area contributed by atoms with Crippen LogP contribution in [0.15, 0.2) is 39.6 Å². The molecule has 0 fully saturated rings. The maximum Gasteiger partial charge on any atom is 0.231 e. The molecule has 108 valence electrons. The molecule has 2 heterocycles. The fraction of sp³-hybridized carbons (Fsp3) is 0.250. The molecule has 0 radical (unpaired) electrons. The number of aromatic nitrogens is 2. The first-order valence-corrected chi connectivity index (χ1v) is 7.93. The van der Waals surface area contributed by atoms with Crippen molar-refractivity contribution in [1.82, 2.24) is 9.97 Å². The number of anilines is 2. The third kappa shape index (κ3) is 2.61. The van der Waals surface area contributed by atoms with E-state index in [9.17, 15) is 0 Å². The van der Waals surface area contributed by atoms with Crippen molar-refractivity contribution in [2.45, 2.75) is 18.7 Å². The Morgan fingerprint density at radius 3 is 2.48 bits per heavy atom. The van der Waals surface area contributed by atoms with Gasteiger partial charge >= 0.3 is 0 Å². The highest BCUT2D eigenvalue weighted by molar-refractivity contribution is 7.98. The molecule has 1 aromatic carbocycles. The summed E-state index contributed by atoms with van der Waals surface area (Å²) in [5, 5.41) is 0.939. The molecule has 0 aliphatic carbocycles. The minimum Gasteiger partial charge on any atom is -0.443 e. The monoisotopic (exact) mass is 299 g/mol. The van der Waals surface area contributed by atoms with E-state index >= 15 is 0 Å². The smallest absolute Gasteiger partial charge is 0.231 e. The molecular weight excluding hydrogens is 282 g/mol. The van der Waals surface area contributed by atoms with Crippen LogP contribution in [0, 0.1) is 13.8 Å². The molecule has 0 saturated carbocycles. The second-order valence-electron chi connectivity index (χ2n) is 4.93. The van der Waals surface area contributed by atoms with E-state index in [2.05, 4.69) is 45.4 Å². The molecule has 5 heteroatoms. The number of benzene rings is 1. The van der Waals surface area contributed by atoms with E-state index in [1.807, 2.05) is 27.0 Å².